The second-order valence-electron chi connectivity index (χ2n) is 26.5. The molecule has 0 radical (unpaired) electrons. The highest BCUT2D eigenvalue weighted by molar-refractivity contribution is 7.17. The molecule has 0 atom stereocenters. The summed E-state index contributed by atoms with van der Waals surface area (Å²) in [5.41, 5.74) is 33.3. The predicted octanol–water partition coefficient (Wildman–Crippen LogP) is 25.2. The highest BCUT2D eigenvalue weighted by Gasteiger charge is 2.58. The molecule has 0 spiro atoms. The minimum atomic E-state index is -4.54. The van der Waals surface area contributed by atoms with Crippen LogP contribution in [0.1, 0.15) is 27.7 Å². The molecule has 15 aromatic rings. The van der Waals surface area contributed by atoms with Crippen LogP contribution in [0, 0.1) is 0 Å². The van der Waals surface area contributed by atoms with Crippen LogP contribution in [0.2, 0.25) is 5.54 Å². The van der Waals surface area contributed by atoms with Crippen LogP contribution in [0.3, 0.4) is 0 Å². The molecule has 0 saturated carbocycles. The first-order valence-electron chi connectivity index (χ1n) is 35.0. The summed E-state index contributed by atoms with van der Waals surface area (Å²) in [5, 5.41) is 4.03. The molecular weight excluding hydrogens is 1220 g/mol. The second kappa shape index (κ2) is 27.5. The van der Waals surface area contributed by atoms with Gasteiger partial charge in [0.05, 0.1) is 0 Å². The Hall–Kier alpha value is -12.0. The van der Waals surface area contributed by atoms with Crippen molar-refractivity contribution in [3.05, 3.63) is 404 Å². The highest BCUT2D eigenvalue weighted by Crippen LogP contribution is 2.57. The molecule has 476 valence electrons. The Bertz CT molecular complexity index is 4930. The van der Waals surface area contributed by atoms with Crippen molar-refractivity contribution in [2.24, 2.45) is 0 Å². The third-order valence-corrected chi connectivity index (χ3v) is 26.7. The van der Waals surface area contributed by atoms with Crippen LogP contribution < -0.4 is 15.6 Å². The van der Waals surface area contributed by atoms with Crippen molar-refractivity contribution in [2.45, 2.75) is 33.2 Å². The normalized spacial score (nSPS) is 12.5. The van der Waals surface area contributed by atoms with Gasteiger partial charge in [0.2, 0.25) is 0 Å². The first kappa shape index (κ1) is 62.8. The average molecular weight is 1290 g/mol. The van der Waals surface area contributed by atoms with Gasteiger partial charge in [0.15, 0.2) is 8.07 Å². The van der Waals surface area contributed by atoms with Crippen LogP contribution >= 0.6 is 0 Å². The molecule has 0 amide bonds. The van der Waals surface area contributed by atoms with E-state index in [2.05, 4.69) is 410 Å². The van der Waals surface area contributed by atoms with Crippen molar-refractivity contribution in [2.75, 3.05) is 0 Å². The Balaban J connectivity index is 1.35. The van der Waals surface area contributed by atoms with Gasteiger partial charge in [-0.05, 0) is 206 Å². The zero-order chi connectivity index (χ0) is 67.5. The summed E-state index contributed by atoms with van der Waals surface area (Å²) < 4.78 is 0. The summed E-state index contributed by atoms with van der Waals surface area (Å²) in [7, 11) is -4.54. The Morgan fingerprint density at radius 2 is 0.320 bits per heavy atom. The van der Waals surface area contributed by atoms with Crippen LogP contribution in [-0.4, -0.2) is 8.07 Å². The molecule has 0 heterocycles. The molecule has 1 heteroatoms. The Morgan fingerprint density at radius 1 is 0.170 bits per heavy atom. The molecule has 0 nitrogen and oxygen atoms in total. The lowest BCUT2D eigenvalue weighted by molar-refractivity contribution is 1.09. The maximum Gasteiger partial charge on any atom is 0.163 e. The third-order valence-electron chi connectivity index (χ3n) is 21.1. The fourth-order valence-corrected chi connectivity index (χ4v) is 23.8. The van der Waals surface area contributed by atoms with Crippen LogP contribution in [0.5, 0.6) is 0 Å². The minimum Gasteiger partial charge on any atom is -0.0647 e. The average Bonchev–Trinajstić information content (AvgIpc) is 1.05. The maximum absolute atomic E-state index is 4.54. The molecule has 0 N–H and O–H groups in total. The molecule has 0 fully saturated rings. The Labute approximate surface area is 591 Å². The molecule has 1 aliphatic rings. The van der Waals surface area contributed by atoms with Crippen molar-refractivity contribution in [1.82, 2.24) is 0 Å². The molecule has 0 unspecified atom stereocenters. The lowest BCUT2D eigenvalue weighted by atomic mass is 9.83. The molecule has 15 aromatic carbocycles. The summed E-state index contributed by atoms with van der Waals surface area (Å²) >= 11 is 0. The smallest absolute Gasteiger partial charge is 0.0647 e. The first-order valence-corrected chi connectivity index (χ1v) is 37.1. The Morgan fingerprint density at radius 3 is 0.500 bits per heavy atom. The van der Waals surface area contributed by atoms with Gasteiger partial charge >= 0.3 is 0 Å². The topological polar surface area (TPSA) is 0 Å². The summed E-state index contributed by atoms with van der Waals surface area (Å²) in [4.78, 5) is 0. The Kier molecular flexibility index (Phi) is 17.3. The quantitative estimate of drug-likeness (QED) is 0.0668. The van der Waals surface area contributed by atoms with Crippen molar-refractivity contribution in [3.63, 3.8) is 0 Å². The summed E-state index contributed by atoms with van der Waals surface area (Å²) in [6.07, 6.45) is 0. The van der Waals surface area contributed by atoms with Crippen LogP contribution in [0.4, 0.5) is 0 Å². The molecule has 0 aliphatic heterocycles. The van der Waals surface area contributed by atoms with E-state index in [1.807, 2.05) is 0 Å². The first-order chi connectivity index (χ1) is 49.4. The standard InChI is InChI=1S/C99H76Si/c1-68-69(2)71(4)96(70(68)3)100(97-87(75-47-23-8-24-48-75)65-84(72-41-17-5-18-42-72)90(78-53-29-11-30-54-78)93(97)81-59-35-14-36-60-81,98-88(76-49-25-9-26-50-76)66-85(73-43-19-6-20-44-73)91(79-55-31-12-32-56-79)94(98)82-61-37-15-38-62-82)99-89(77-51-27-10-28-52-77)67-86(74-45-21-7-22-46-74)92(80-57-33-13-34-58-80)95(99)83-63-39-16-40-64-83/h5-67,96H,1-4H3. The highest BCUT2D eigenvalue weighted by atomic mass is 28.3. The van der Waals surface area contributed by atoms with E-state index in [1.165, 1.54) is 105 Å². The van der Waals surface area contributed by atoms with E-state index in [0.29, 0.717) is 0 Å². The molecule has 100 heavy (non-hydrogen) atoms. The van der Waals surface area contributed by atoms with E-state index in [9.17, 15) is 0 Å². The maximum atomic E-state index is 2.64. The van der Waals surface area contributed by atoms with Gasteiger partial charge in [0, 0.05) is 5.54 Å². The van der Waals surface area contributed by atoms with Crippen molar-refractivity contribution >= 4 is 23.6 Å². The lowest BCUT2D eigenvalue weighted by Crippen LogP contribution is -2.73. The largest absolute Gasteiger partial charge is 0.163 e. The van der Waals surface area contributed by atoms with Crippen molar-refractivity contribution in [3.8, 4) is 134 Å². The van der Waals surface area contributed by atoms with E-state index in [-0.39, 0.29) is 5.54 Å². The van der Waals surface area contributed by atoms with Gasteiger partial charge in [0.25, 0.3) is 0 Å². The van der Waals surface area contributed by atoms with Gasteiger partial charge in [-0.2, -0.15) is 0 Å². The summed E-state index contributed by atoms with van der Waals surface area (Å²) in [6.45, 7) is 9.88. The van der Waals surface area contributed by atoms with Crippen LogP contribution in [0.15, 0.2) is 404 Å². The molecule has 1 aliphatic carbocycles. The molecule has 0 saturated heterocycles. The molecule has 0 aromatic heterocycles. The minimum absolute atomic E-state index is 0.240. The fraction of sp³-hybridized carbons (Fsp3) is 0.0505. The van der Waals surface area contributed by atoms with Gasteiger partial charge in [-0.3, -0.25) is 0 Å². The zero-order valence-corrected chi connectivity index (χ0v) is 58.0. The van der Waals surface area contributed by atoms with E-state index in [0.717, 1.165) is 66.8 Å². The van der Waals surface area contributed by atoms with E-state index >= 15 is 0 Å². The number of rotatable bonds is 16. The van der Waals surface area contributed by atoms with E-state index < -0.39 is 8.07 Å². The fourth-order valence-electron chi connectivity index (χ4n) is 16.6. The van der Waals surface area contributed by atoms with Gasteiger partial charge in [-0.25, -0.2) is 0 Å². The zero-order valence-electron chi connectivity index (χ0n) is 57.0. The summed E-state index contributed by atoms with van der Waals surface area (Å²) in [6, 6.07) is 145. The number of allylic oxidation sites excluding steroid dienone is 4. The number of hydrogen-bond donors (Lipinski definition) is 0. The number of hydrogen-bond acceptors (Lipinski definition) is 0. The lowest BCUT2D eigenvalue weighted by Gasteiger charge is -2.48. The molecular formula is C99H76Si. The van der Waals surface area contributed by atoms with Crippen molar-refractivity contribution in [1.29, 1.82) is 0 Å². The second-order valence-corrected chi connectivity index (χ2v) is 30.2. The van der Waals surface area contributed by atoms with Crippen molar-refractivity contribution < 1.29 is 0 Å². The van der Waals surface area contributed by atoms with Gasteiger partial charge in [-0.1, -0.05) is 375 Å². The van der Waals surface area contributed by atoms with Gasteiger partial charge < -0.3 is 0 Å². The number of benzene rings is 15. The monoisotopic (exact) mass is 1290 g/mol. The predicted molar refractivity (Wildman–Crippen MR) is 430 cm³/mol. The van der Waals surface area contributed by atoms with Gasteiger partial charge in [0.1, 0.15) is 0 Å². The molecule has 16 rings (SSSR count). The molecule has 0 bridgehead atoms. The summed E-state index contributed by atoms with van der Waals surface area (Å²) in [5.74, 6) is 0. The van der Waals surface area contributed by atoms with Crippen LogP contribution in [-0.2, 0) is 0 Å². The SMILES string of the molecule is CC1=C(C)C([Si](c2c(-c3ccccc3)cc(-c3ccccc3)c(-c3ccccc3)c2-c2ccccc2)(c2c(-c3ccccc3)cc(-c3ccccc3)c(-c3ccccc3)c2-c2ccccc2)c2c(-c3ccccc3)cc(-c3ccccc3)c(-c3ccccc3)c2-c2ccccc2)C(C)=C1C. The van der Waals surface area contributed by atoms with E-state index in [4.69, 9.17) is 0 Å². The van der Waals surface area contributed by atoms with E-state index in [1.54, 1.807) is 0 Å². The van der Waals surface area contributed by atoms with Crippen LogP contribution in [0.25, 0.3) is 134 Å². The van der Waals surface area contributed by atoms with Gasteiger partial charge in [-0.15, -0.1) is 0 Å². The third kappa shape index (κ3) is 11.2.